The Morgan fingerprint density at radius 2 is 1.89 bits per heavy atom. The summed E-state index contributed by atoms with van der Waals surface area (Å²) in [7, 11) is 0. The molecule has 1 fully saturated rings. The molecule has 1 saturated heterocycles. The smallest absolute Gasteiger partial charge is 0.254 e. The number of nitriles is 1. The van der Waals surface area contributed by atoms with Crippen LogP contribution in [0.1, 0.15) is 43.1 Å². The number of hydrogen-bond acceptors (Lipinski definition) is 2. The number of piperidine rings is 1. The molecule has 1 aliphatic heterocycles. The topological polar surface area (TPSA) is 44.1 Å². The van der Waals surface area contributed by atoms with Crippen LogP contribution in [0.25, 0.3) is 0 Å². The molecule has 0 saturated carbocycles. The molecule has 2 rings (SSSR count). The van der Waals surface area contributed by atoms with Crippen molar-refractivity contribution >= 4 is 5.91 Å². The molecule has 1 heterocycles. The van der Waals surface area contributed by atoms with E-state index in [2.05, 4.69) is 26.8 Å². The standard InChI is InChI=1S/C16H20N2O/c1-11-8-12(2)13(3)18(10-11)16(19)15-6-4-14(9-17)5-7-15/h4-7,11-13H,8,10H2,1-3H3. The molecule has 3 unspecified atom stereocenters. The Morgan fingerprint density at radius 3 is 2.47 bits per heavy atom. The number of carbonyl (C=O) groups is 1. The van der Waals surface area contributed by atoms with Gasteiger partial charge in [-0.2, -0.15) is 5.26 Å². The summed E-state index contributed by atoms with van der Waals surface area (Å²) in [5.41, 5.74) is 1.26. The van der Waals surface area contributed by atoms with E-state index < -0.39 is 0 Å². The highest BCUT2D eigenvalue weighted by molar-refractivity contribution is 5.94. The van der Waals surface area contributed by atoms with E-state index in [1.165, 1.54) is 6.42 Å². The predicted molar refractivity (Wildman–Crippen MR) is 74.6 cm³/mol. The first-order chi connectivity index (χ1) is 9.02. The van der Waals surface area contributed by atoms with Crippen molar-refractivity contribution in [2.24, 2.45) is 11.8 Å². The molecule has 0 spiro atoms. The van der Waals surface area contributed by atoms with Crippen LogP contribution in [0.5, 0.6) is 0 Å². The van der Waals surface area contributed by atoms with Crippen LogP contribution in [0.15, 0.2) is 24.3 Å². The maximum atomic E-state index is 12.5. The Bertz CT molecular complexity index is 500. The van der Waals surface area contributed by atoms with Gasteiger partial charge in [0.2, 0.25) is 0 Å². The van der Waals surface area contributed by atoms with Gasteiger partial charge in [-0.05, 0) is 49.4 Å². The normalized spacial score (nSPS) is 26.8. The summed E-state index contributed by atoms with van der Waals surface area (Å²) in [6, 6.07) is 9.25. The van der Waals surface area contributed by atoms with Gasteiger partial charge >= 0.3 is 0 Å². The van der Waals surface area contributed by atoms with Gasteiger partial charge < -0.3 is 4.90 Å². The fraction of sp³-hybridized carbons (Fsp3) is 0.500. The first kappa shape index (κ1) is 13.6. The Morgan fingerprint density at radius 1 is 1.26 bits per heavy atom. The van der Waals surface area contributed by atoms with Gasteiger partial charge in [-0.25, -0.2) is 0 Å². The van der Waals surface area contributed by atoms with Crippen molar-refractivity contribution in [3.63, 3.8) is 0 Å². The van der Waals surface area contributed by atoms with Crippen LogP contribution in [-0.4, -0.2) is 23.4 Å². The largest absolute Gasteiger partial charge is 0.335 e. The Labute approximate surface area is 114 Å². The Hall–Kier alpha value is -1.82. The summed E-state index contributed by atoms with van der Waals surface area (Å²) in [5, 5.41) is 8.78. The monoisotopic (exact) mass is 256 g/mol. The lowest BCUT2D eigenvalue weighted by Crippen LogP contribution is -2.48. The predicted octanol–water partition coefficient (Wildman–Crippen LogP) is 3.06. The third-order valence-corrected chi connectivity index (χ3v) is 4.12. The highest BCUT2D eigenvalue weighted by Crippen LogP contribution is 2.28. The van der Waals surface area contributed by atoms with Crippen LogP contribution >= 0.6 is 0 Å². The van der Waals surface area contributed by atoms with Crippen molar-refractivity contribution in [2.75, 3.05) is 6.54 Å². The van der Waals surface area contributed by atoms with Crippen LogP contribution in [0, 0.1) is 23.2 Å². The Kier molecular flexibility index (Phi) is 3.90. The van der Waals surface area contributed by atoms with E-state index >= 15 is 0 Å². The third kappa shape index (κ3) is 2.78. The minimum atomic E-state index is 0.0791. The van der Waals surface area contributed by atoms with Crippen LogP contribution in [-0.2, 0) is 0 Å². The third-order valence-electron chi connectivity index (χ3n) is 4.12. The maximum absolute atomic E-state index is 12.5. The number of likely N-dealkylation sites (tertiary alicyclic amines) is 1. The van der Waals surface area contributed by atoms with Crippen LogP contribution < -0.4 is 0 Å². The Balaban J connectivity index is 2.20. The minimum Gasteiger partial charge on any atom is -0.335 e. The first-order valence-corrected chi connectivity index (χ1v) is 6.84. The number of hydrogen-bond donors (Lipinski definition) is 0. The summed E-state index contributed by atoms with van der Waals surface area (Å²) in [5.74, 6) is 1.16. The molecule has 19 heavy (non-hydrogen) atoms. The van der Waals surface area contributed by atoms with E-state index in [9.17, 15) is 4.79 Å². The van der Waals surface area contributed by atoms with Crippen molar-refractivity contribution < 1.29 is 4.79 Å². The summed E-state index contributed by atoms with van der Waals surface area (Å²) in [6.45, 7) is 7.35. The van der Waals surface area contributed by atoms with Gasteiger partial charge in [0.1, 0.15) is 0 Å². The summed E-state index contributed by atoms with van der Waals surface area (Å²) >= 11 is 0. The van der Waals surface area contributed by atoms with Crippen molar-refractivity contribution in [3.8, 4) is 6.07 Å². The van der Waals surface area contributed by atoms with Gasteiger partial charge in [-0.3, -0.25) is 4.79 Å². The zero-order valence-electron chi connectivity index (χ0n) is 11.8. The zero-order valence-corrected chi connectivity index (χ0v) is 11.8. The highest BCUT2D eigenvalue weighted by Gasteiger charge is 2.32. The molecule has 1 aromatic rings. The van der Waals surface area contributed by atoms with Gasteiger partial charge in [0.15, 0.2) is 0 Å². The second-order valence-corrected chi connectivity index (χ2v) is 5.71. The summed E-state index contributed by atoms with van der Waals surface area (Å²) < 4.78 is 0. The van der Waals surface area contributed by atoms with Crippen LogP contribution in [0.3, 0.4) is 0 Å². The quantitative estimate of drug-likeness (QED) is 0.775. The maximum Gasteiger partial charge on any atom is 0.254 e. The molecular formula is C16H20N2O. The van der Waals surface area contributed by atoms with E-state index in [-0.39, 0.29) is 11.9 Å². The van der Waals surface area contributed by atoms with E-state index in [1.54, 1.807) is 24.3 Å². The molecule has 100 valence electrons. The lowest BCUT2D eigenvalue weighted by Gasteiger charge is -2.41. The highest BCUT2D eigenvalue weighted by atomic mass is 16.2. The van der Waals surface area contributed by atoms with Crippen molar-refractivity contribution in [1.82, 2.24) is 4.90 Å². The number of carbonyl (C=O) groups excluding carboxylic acids is 1. The fourth-order valence-electron chi connectivity index (χ4n) is 2.84. The van der Waals surface area contributed by atoms with Gasteiger partial charge in [-0.1, -0.05) is 13.8 Å². The van der Waals surface area contributed by atoms with E-state index in [0.717, 1.165) is 6.54 Å². The number of amides is 1. The zero-order chi connectivity index (χ0) is 14.0. The summed E-state index contributed by atoms with van der Waals surface area (Å²) in [4.78, 5) is 14.5. The number of benzene rings is 1. The molecular weight excluding hydrogens is 236 g/mol. The molecule has 1 amide bonds. The SMILES string of the molecule is CC1CC(C)C(C)N(C(=O)c2ccc(C#N)cc2)C1. The molecule has 0 aromatic heterocycles. The second kappa shape index (κ2) is 5.44. The minimum absolute atomic E-state index is 0.0791. The van der Waals surface area contributed by atoms with Crippen molar-refractivity contribution in [1.29, 1.82) is 5.26 Å². The fourth-order valence-corrected chi connectivity index (χ4v) is 2.84. The van der Waals surface area contributed by atoms with E-state index in [0.29, 0.717) is 23.0 Å². The molecule has 1 aromatic carbocycles. The summed E-state index contributed by atoms with van der Waals surface area (Å²) in [6.07, 6.45) is 1.18. The lowest BCUT2D eigenvalue weighted by atomic mass is 9.85. The van der Waals surface area contributed by atoms with Gasteiger partial charge in [0.25, 0.3) is 5.91 Å². The van der Waals surface area contributed by atoms with Gasteiger partial charge in [0, 0.05) is 18.2 Å². The van der Waals surface area contributed by atoms with Gasteiger partial charge in [-0.15, -0.1) is 0 Å². The van der Waals surface area contributed by atoms with Crippen molar-refractivity contribution in [2.45, 2.75) is 33.2 Å². The lowest BCUT2D eigenvalue weighted by molar-refractivity contribution is 0.0455. The van der Waals surface area contributed by atoms with E-state index in [1.807, 2.05) is 4.90 Å². The van der Waals surface area contributed by atoms with Crippen molar-refractivity contribution in [3.05, 3.63) is 35.4 Å². The molecule has 0 N–H and O–H groups in total. The molecule has 3 heteroatoms. The molecule has 0 radical (unpaired) electrons. The first-order valence-electron chi connectivity index (χ1n) is 6.84. The average Bonchev–Trinajstić information content (AvgIpc) is 2.42. The molecule has 3 nitrogen and oxygen atoms in total. The average molecular weight is 256 g/mol. The number of rotatable bonds is 1. The van der Waals surface area contributed by atoms with Crippen LogP contribution in [0.4, 0.5) is 0 Å². The van der Waals surface area contributed by atoms with Crippen LogP contribution in [0.2, 0.25) is 0 Å². The molecule has 1 aliphatic rings. The molecule has 0 bridgehead atoms. The molecule has 3 atom stereocenters. The molecule has 0 aliphatic carbocycles. The second-order valence-electron chi connectivity index (χ2n) is 5.71. The van der Waals surface area contributed by atoms with E-state index in [4.69, 9.17) is 5.26 Å². The van der Waals surface area contributed by atoms with Gasteiger partial charge in [0.05, 0.1) is 11.6 Å². The number of nitrogens with zero attached hydrogens (tertiary/aromatic N) is 2.